The molecule has 0 spiro atoms. The van der Waals surface area contributed by atoms with Crippen LogP contribution in [0.3, 0.4) is 0 Å². The fourth-order valence-electron chi connectivity index (χ4n) is 1.00. The molecular formula is C8H19NO2. The third kappa shape index (κ3) is 5.18. The first kappa shape index (κ1) is 10.9. The van der Waals surface area contributed by atoms with E-state index in [0.717, 1.165) is 6.42 Å². The first-order valence-corrected chi connectivity index (χ1v) is 4.10. The van der Waals surface area contributed by atoms with Gasteiger partial charge in [-0.1, -0.05) is 6.92 Å². The van der Waals surface area contributed by atoms with Gasteiger partial charge in [0.2, 0.25) is 0 Å². The third-order valence-corrected chi connectivity index (χ3v) is 1.65. The quantitative estimate of drug-likeness (QED) is 0.592. The van der Waals surface area contributed by atoms with Crippen molar-refractivity contribution in [3.63, 3.8) is 0 Å². The number of rotatable bonds is 6. The Morgan fingerprint density at radius 1 is 1.55 bits per heavy atom. The molecule has 0 fully saturated rings. The monoisotopic (exact) mass is 161 g/mol. The predicted molar refractivity (Wildman–Crippen MR) is 45.6 cm³/mol. The molecule has 0 aliphatic carbocycles. The number of nitrogens with one attached hydrogen (secondary N) is 1. The van der Waals surface area contributed by atoms with Crippen LogP contribution in [0.1, 0.15) is 20.3 Å². The zero-order valence-electron chi connectivity index (χ0n) is 7.63. The average Bonchev–Trinajstić information content (AvgIpc) is 2.01. The standard InChI is InChI=1S/C8H19NO2/c1-4-8(5-10)9-7(2)6-11-3/h7-10H,4-6H2,1-3H3. The first-order chi connectivity index (χ1) is 5.24. The minimum absolute atomic E-state index is 0.199. The zero-order chi connectivity index (χ0) is 8.69. The highest BCUT2D eigenvalue weighted by Gasteiger charge is 2.07. The Morgan fingerprint density at radius 3 is 2.55 bits per heavy atom. The summed E-state index contributed by atoms with van der Waals surface area (Å²) < 4.78 is 4.95. The van der Waals surface area contributed by atoms with Gasteiger partial charge in [-0.3, -0.25) is 0 Å². The van der Waals surface area contributed by atoms with Crippen LogP contribution >= 0.6 is 0 Å². The number of aliphatic hydroxyl groups is 1. The molecule has 2 unspecified atom stereocenters. The van der Waals surface area contributed by atoms with Gasteiger partial charge in [0, 0.05) is 19.2 Å². The van der Waals surface area contributed by atoms with E-state index in [1.54, 1.807) is 7.11 Å². The summed E-state index contributed by atoms with van der Waals surface area (Å²) in [6.07, 6.45) is 0.949. The Morgan fingerprint density at radius 2 is 2.18 bits per heavy atom. The molecule has 0 radical (unpaired) electrons. The van der Waals surface area contributed by atoms with Gasteiger partial charge in [-0.05, 0) is 13.3 Å². The number of methoxy groups -OCH3 is 1. The van der Waals surface area contributed by atoms with Crippen LogP contribution in [0.25, 0.3) is 0 Å². The highest BCUT2D eigenvalue weighted by atomic mass is 16.5. The number of ether oxygens (including phenoxy) is 1. The molecule has 0 aromatic rings. The van der Waals surface area contributed by atoms with Crippen molar-refractivity contribution in [1.29, 1.82) is 0 Å². The second-order valence-corrected chi connectivity index (χ2v) is 2.81. The SMILES string of the molecule is CCC(CO)NC(C)COC. The van der Waals surface area contributed by atoms with Crippen molar-refractivity contribution >= 4 is 0 Å². The van der Waals surface area contributed by atoms with Crippen molar-refractivity contribution in [2.24, 2.45) is 0 Å². The van der Waals surface area contributed by atoms with E-state index in [4.69, 9.17) is 9.84 Å². The van der Waals surface area contributed by atoms with Gasteiger partial charge in [0.1, 0.15) is 0 Å². The van der Waals surface area contributed by atoms with E-state index in [1.807, 2.05) is 13.8 Å². The van der Waals surface area contributed by atoms with Gasteiger partial charge in [0.05, 0.1) is 13.2 Å². The van der Waals surface area contributed by atoms with Crippen LogP contribution in [-0.2, 0) is 4.74 Å². The maximum absolute atomic E-state index is 8.84. The van der Waals surface area contributed by atoms with Crippen LogP contribution in [0, 0.1) is 0 Å². The van der Waals surface area contributed by atoms with Crippen LogP contribution in [0.4, 0.5) is 0 Å². The molecule has 0 rings (SSSR count). The molecule has 0 aromatic heterocycles. The minimum atomic E-state index is 0.199. The van der Waals surface area contributed by atoms with E-state index in [2.05, 4.69) is 5.32 Å². The van der Waals surface area contributed by atoms with Crippen LogP contribution in [0.15, 0.2) is 0 Å². The third-order valence-electron chi connectivity index (χ3n) is 1.65. The Hall–Kier alpha value is -0.120. The molecule has 0 saturated heterocycles. The van der Waals surface area contributed by atoms with Crippen LogP contribution in [-0.4, -0.2) is 37.5 Å². The fourth-order valence-corrected chi connectivity index (χ4v) is 1.00. The molecule has 2 atom stereocenters. The van der Waals surface area contributed by atoms with E-state index >= 15 is 0 Å². The Labute approximate surface area is 68.8 Å². The Balaban J connectivity index is 3.44. The van der Waals surface area contributed by atoms with E-state index in [0.29, 0.717) is 12.6 Å². The van der Waals surface area contributed by atoms with Crippen molar-refractivity contribution in [3.05, 3.63) is 0 Å². The van der Waals surface area contributed by atoms with E-state index in [-0.39, 0.29) is 12.6 Å². The van der Waals surface area contributed by atoms with Crippen LogP contribution in [0.5, 0.6) is 0 Å². The van der Waals surface area contributed by atoms with Gasteiger partial charge >= 0.3 is 0 Å². The molecule has 0 heterocycles. The number of aliphatic hydroxyl groups excluding tert-OH is 1. The highest BCUT2D eigenvalue weighted by Crippen LogP contribution is 1.92. The lowest BCUT2D eigenvalue weighted by molar-refractivity contribution is 0.153. The summed E-state index contributed by atoms with van der Waals surface area (Å²) in [6, 6.07) is 0.525. The van der Waals surface area contributed by atoms with Gasteiger partial charge in [-0.15, -0.1) is 0 Å². The van der Waals surface area contributed by atoms with E-state index in [1.165, 1.54) is 0 Å². The topological polar surface area (TPSA) is 41.5 Å². The molecule has 0 aliphatic rings. The highest BCUT2D eigenvalue weighted by molar-refractivity contribution is 4.68. The lowest BCUT2D eigenvalue weighted by atomic mass is 10.2. The Kier molecular flexibility index (Phi) is 6.51. The van der Waals surface area contributed by atoms with Crippen molar-refractivity contribution in [1.82, 2.24) is 5.32 Å². The van der Waals surface area contributed by atoms with Gasteiger partial charge < -0.3 is 15.2 Å². The predicted octanol–water partition coefficient (Wildman–Crippen LogP) is 0.382. The lowest BCUT2D eigenvalue weighted by Gasteiger charge is -2.19. The molecule has 68 valence electrons. The first-order valence-electron chi connectivity index (χ1n) is 4.10. The zero-order valence-corrected chi connectivity index (χ0v) is 7.63. The molecule has 0 aromatic carbocycles. The summed E-state index contributed by atoms with van der Waals surface area (Å²) in [6.45, 7) is 4.98. The molecule has 2 N–H and O–H groups in total. The van der Waals surface area contributed by atoms with Gasteiger partial charge in [0.15, 0.2) is 0 Å². The van der Waals surface area contributed by atoms with E-state index in [9.17, 15) is 0 Å². The fraction of sp³-hybridized carbons (Fsp3) is 1.00. The second-order valence-electron chi connectivity index (χ2n) is 2.81. The molecule has 0 bridgehead atoms. The lowest BCUT2D eigenvalue weighted by Crippen LogP contribution is -2.40. The molecule has 3 nitrogen and oxygen atoms in total. The van der Waals surface area contributed by atoms with E-state index < -0.39 is 0 Å². The summed E-state index contributed by atoms with van der Waals surface area (Å²) in [5.41, 5.74) is 0. The molecular weight excluding hydrogens is 142 g/mol. The van der Waals surface area contributed by atoms with Crippen molar-refractivity contribution < 1.29 is 9.84 Å². The van der Waals surface area contributed by atoms with Crippen molar-refractivity contribution in [2.75, 3.05) is 20.3 Å². The minimum Gasteiger partial charge on any atom is -0.395 e. The summed E-state index contributed by atoms with van der Waals surface area (Å²) in [5.74, 6) is 0. The molecule has 3 heteroatoms. The van der Waals surface area contributed by atoms with Gasteiger partial charge in [-0.25, -0.2) is 0 Å². The molecule has 0 saturated carbocycles. The normalized spacial score (nSPS) is 16.4. The second kappa shape index (κ2) is 6.58. The van der Waals surface area contributed by atoms with Gasteiger partial charge in [0.25, 0.3) is 0 Å². The molecule has 0 amide bonds. The Bertz CT molecular complexity index is 84.2. The summed E-state index contributed by atoms with van der Waals surface area (Å²) >= 11 is 0. The maximum Gasteiger partial charge on any atom is 0.0613 e. The molecule has 0 aliphatic heterocycles. The van der Waals surface area contributed by atoms with Gasteiger partial charge in [-0.2, -0.15) is 0 Å². The van der Waals surface area contributed by atoms with Crippen LogP contribution < -0.4 is 5.32 Å². The molecule has 11 heavy (non-hydrogen) atoms. The number of hydrogen-bond acceptors (Lipinski definition) is 3. The average molecular weight is 161 g/mol. The summed E-state index contributed by atoms with van der Waals surface area (Å²) in [5, 5.41) is 12.1. The number of hydrogen-bond donors (Lipinski definition) is 2. The van der Waals surface area contributed by atoms with Crippen LogP contribution in [0.2, 0.25) is 0 Å². The summed E-state index contributed by atoms with van der Waals surface area (Å²) in [7, 11) is 1.68. The smallest absolute Gasteiger partial charge is 0.0613 e. The summed E-state index contributed by atoms with van der Waals surface area (Å²) in [4.78, 5) is 0. The van der Waals surface area contributed by atoms with Crippen molar-refractivity contribution in [2.45, 2.75) is 32.4 Å². The largest absolute Gasteiger partial charge is 0.395 e. The maximum atomic E-state index is 8.84. The van der Waals surface area contributed by atoms with Crippen molar-refractivity contribution in [3.8, 4) is 0 Å².